The number of hydrogen-bond acceptors (Lipinski definition) is 2. The highest BCUT2D eigenvalue weighted by atomic mass is 127. The van der Waals surface area contributed by atoms with Crippen molar-refractivity contribution in [2.24, 2.45) is 0 Å². The van der Waals surface area contributed by atoms with Gasteiger partial charge in [0, 0.05) is 4.47 Å². The van der Waals surface area contributed by atoms with Gasteiger partial charge in [-0.3, -0.25) is 0 Å². The summed E-state index contributed by atoms with van der Waals surface area (Å²) in [6, 6.07) is 3.08. The van der Waals surface area contributed by atoms with Crippen molar-refractivity contribution in [1.82, 2.24) is 4.98 Å². The fourth-order valence-electron chi connectivity index (χ4n) is 0.788. The Hall–Kier alpha value is -0.290. The molecule has 0 spiro atoms. The molecule has 0 aliphatic heterocycles. The Morgan fingerprint density at radius 1 is 1.62 bits per heavy atom. The van der Waals surface area contributed by atoms with Gasteiger partial charge in [0.1, 0.15) is 9.77 Å². The number of halogens is 4. The molecule has 0 aromatic carbocycles. The number of aromatic nitrogens is 1. The second-order valence-electron chi connectivity index (χ2n) is 2.10. The van der Waals surface area contributed by atoms with Crippen LogP contribution in [0, 0.1) is 15.0 Å². The maximum atomic E-state index is 12.4. The van der Waals surface area contributed by atoms with E-state index in [1.54, 1.807) is 6.07 Å². The lowest BCUT2D eigenvalue weighted by atomic mass is 10.2. The zero-order valence-corrected chi connectivity index (χ0v) is 9.80. The van der Waals surface area contributed by atoms with E-state index in [1.807, 2.05) is 22.6 Å². The molecule has 0 radical (unpaired) electrons. The Balaban J connectivity index is 3.41. The van der Waals surface area contributed by atoms with Crippen LogP contribution in [0.3, 0.4) is 0 Å². The second kappa shape index (κ2) is 4.28. The van der Waals surface area contributed by atoms with Crippen LogP contribution < -0.4 is 0 Å². The molecular weight excluding hydrogens is 357 g/mol. The smallest absolute Gasteiger partial charge is 0.231 e. The molecule has 0 fully saturated rings. The molecule has 1 rings (SSSR count). The van der Waals surface area contributed by atoms with Gasteiger partial charge in [0.25, 0.3) is 6.43 Å². The summed E-state index contributed by atoms with van der Waals surface area (Å²) < 4.78 is 25.5. The molecule has 68 valence electrons. The highest BCUT2D eigenvalue weighted by Gasteiger charge is 2.18. The molecule has 0 aliphatic carbocycles. The normalized spacial score (nSPS) is 10.2. The van der Waals surface area contributed by atoms with E-state index in [0.717, 1.165) is 0 Å². The molecule has 0 saturated carbocycles. The predicted molar refractivity (Wildman–Crippen MR) is 54.3 cm³/mol. The van der Waals surface area contributed by atoms with Gasteiger partial charge in [0.2, 0.25) is 0 Å². The average Bonchev–Trinajstić information content (AvgIpc) is 2.01. The summed E-state index contributed by atoms with van der Waals surface area (Å²) in [6.07, 6.45) is -2.69. The van der Waals surface area contributed by atoms with Crippen LogP contribution in [0.25, 0.3) is 0 Å². The fourth-order valence-corrected chi connectivity index (χ4v) is 2.35. The second-order valence-corrected chi connectivity index (χ2v) is 4.06. The van der Waals surface area contributed by atoms with Crippen LogP contribution in [0.4, 0.5) is 8.78 Å². The van der Waals surface area contributed by atoms with Crippen LogP contribution in [0.15, 0.2) is 10.5 Å². The summed E-state index contributed by atoms with van der Waals surface area (Å²) in [6.45, 7) is 0. The number of hydrogen-bond donors (Lipinski definition) is 0. The summed E-state index contributed by atoms with van der Waals surface area (Å²) in [5, 5.41) is 8.55. The zero-order chi connectivity index (χ0) is 10.0. The van der Waals surface area contributed by atoms with Gasteiger partial charge in [-0.05, 0) is 28.7 Å². The molecule has 0 atom stereocenters. The molecule has 1 aromatic heterocycles. The SMILES string of the molecule is N#Cc1nc(I)cc(Br)c1C(F)F. The first-order valence-corrected chi connectivity index (χ1v) is 4.97. The van der Waals surface area contributed by atoms with E-state index in [2.05, 4.69) is 20.9 Å². The lowest BCUT2D eigenvalue weighted by Gasteiger charge is -2.04. The first-order chi connectivity index (χ1) is 6.06. The van der Waals surface area contributed by atoms with E-state index in [-0.39, 0.29) is 15.7 Å². The highest BCUT2D eigenvalue weighted by molar-refractivity contribution is 14.1. The topological polar surface area (TPSA) is 36.7 Å². The number of rotatable bonds is 1. The monoisotopic (exact) mass is 358 g/mol. The first-order valence-electron chi connectivity index (χ1n) is 3.10. The van der Waals surface area contributed by atoms with Crippen molar-refractivity contribution in [2.45, 2.75) is 6.43 Å². The first kappa shape index (κ1) is 10.8. The minimum atomic E-state index is -2.69. The van der Waals surface area contributed by atoms with Gasteiger partial charge in [0.15, 0.2) is 5.69 Å². The molecule has 1 aromatic rings. The van der Waals surface area contributed by atoms with Gasteiger partial charge in [-0.25, -0.2) is 13.8 Å². The fraction of sp³-hybridized carbons (Fsp3) is 0.143. The third-order valence-corrected chi connectivity index (χ3v) is 2.51. The van der Waals surface area contributed by atoms with Crippen molar-refractivity contribution in [1.29, 1.82) is 5.26 Å². The van der Waals surface area contributed by atoms with Gasteiger partial charge in [-0.2, -0.15) is 5.26 Å². The van der Waals surface area contributed by atoms with E-state index in [0.29, 0.717) is 3.70 Å². The summed E-state index contributed by atoms with van der Waals surface area (Å²) in [5.41, 5.74) is -0.573. The van der Waals surface area contributed by atoms with Gasteiger partial charge in [0.05, 0.1) is 5.56 Å². The van der Waals surface area contributed by atoms with E-state index >= 15 is 0 Å². The van der Waals surface area contributed by atoms with Gasteiger partial charge < -0.3 is 0 Å². The summed E-state index contributed by atoms with van der Waals surface area (Å²) in [7, 11) is 0. The largest absolute Gasteiger partial charge is 0.267 e. The predicted octanol–water partition coefficient (Wildman–Crippen LogP) is 3.26. The Morgan fingerprint density at radius 3 is 2.69 bits per heavy atom. The third-order valence-electron chi connectivity index (χ3n) is 1.30. The van der Waals surface area contributed by atoms with Gasteiger partial charge in [-0.15, -0.1) is 0 Å². The molecule has 0 N–H and O–H groups in total. The van der Waals surface area contributed by atoms with Crippen molar-refractivity contribution in [3.05, 3.63) is 25.5 Å². The molecule has 2 nitrogen and oxygen atoms in total. The average molecular weight is 359 g/mol. The molecule has 0 aliphatic rings. The molecule has 0 amide bonds. The van der Waals surface area contributed by atoms with E-state index < -0.39 is 6.43 Å². The number of nitriles is 1. The maximum Gasteiger partial charge on any atom is 0.267 e. The van der Waals surface area contributed by atoms with Crippen LogP contribution in [0.1, 0.15) is 17.7 Å². The van der Waals surface area contributed by atoms with Gasteiger partial charge >= 0.3 is 0 Å². The minimum Gasteiger partial charge on any atom is -0.231 e. The molecule has 0 saturated heterocycles. The lowest BCUT2D eigenvalue weighted by molar-refractivity contribution is 0.149. The molecule has 6 heteroatoms. The highest BCUT2D eigenvalue weighted by Crippen LogP contribution is 2.30. The van der Waals surface area contributed by atoms with Crippen LogP contribution >= 0.6 is 38.5 Å². The van der Waals surface area contributed by atoms with Crippen molar-refractivity contribution < 1.29 is 8.78 Å². The standard InChI is InChI=1S/C7H2BrF2IN2/c8-3-1-5(11)13-4(2-12)6(3)7(9)10/h1,7H. The molecule has 0 bridgehead atoms. The Labute approximate surface area is 95.2 Å². The van der Waals surface area contributed by atoms with E-state index in [9.17, 15) is 8.78 Å². The van der Waals surface area contributed by atoms with Crippen molar-refractivity contribution >= 4 is 38.5 Å². The van der Waals surface area contributed by atoms with Crippen LogP contribution in [-0.4, -0.2) is 4.98 Å². The van der Waals surface area contributed by atoms with Crippen molar-refractivity contribution in [3.8, 4) is 6.07 Å². The third kappa shape index (κ3) is 2.34. The zero-order valence-electron chi connectivity index (χ0n) is 6.06. The molecule has 0 unspecified atom stereocenters. The minimum absolute atomic E-state index is 0.221. The van der Waals surface area contributed by atoms with E-state index in [1.165, 1.54) is 6.07 Å². The van der Waals surface area contributed by atoms with E-state index in [4.69, 9.17) is 5.26 Å². The van der Waals surface area contributed by atoms with Crippen LogP contribution in [0.5, 0.6) is 0 Å². The summed E-state index contributed by atoms with van der Waals surface area (Å²) in [5.74, 6) is 0. The van der Waals surface area contributed by atoms with Gasteiger partial charge in [-0.1, -0.05) is 15.9 Å². The Kier molecular flexibility index (Phi) is 3.55. The molecule has 1 heterocycles. The van der Waals surface area contributed by atoms with Crippen LogP contribution in [0.2, 0.25) is 0 Å². The number of pyridine rings is 1. The molecule has 13 heavy (non-hydrogen) atoms. The lowest BCUT2D eigenvalue weighted by Crippen LogP contribution is -1.97. The number of alkyl halides is 2. The Bertz CT molecular complexity index is 375. The molecular formula is C7H2BrF2IN2. The summed E-state index contributed by atoms with van der Waals surface area (Å²) >= 11 is 4.82. The number of nitrogens with zero attached hydrogens (tertiary/aromatic N) is 2. The van der Waals surface area contributed by atoms with Crippen molar-refractivity contribution in [2.75, 3.05) is 0 Å². The van der Waals surface area contributed by atoms with Crippen molar-refractivity contribution in [3.63, 3.8) is 0 Å². The maximum absolute atomic E-state index is 12.4. The quantitative estimate of drug-likeness (QED) is 0.570. The Morgan fingerprint density at radius 2 is 2.23 bits per heavy atom. The van der Waals surface area contributed by atoms with Crippen LogP contribution in [-0.2, 0) is 0 Å². The summed E-state index contributed by atoms with van der Waals surface area (Å²) in [4.78, 5) is 3.69.